The van der Waals surface area contributed by atoms with Gasteiger partial charge in [-0.15, -0.1) is 0 Å². The topological polar surface area (TPSA) is 28.6 Å². The molecule has 0 saturated carbocycles. The fourth-order valence-corrected chi connectivity index (χ4v) is 3.08. The second kappa shape index (κ2) is 6.85. The molecule has 2 saturated heterocycles. The van der Waals surface area contributed by atoms with E-state index in [1.807, 2.05) is 12.3 Å². The smallest absolute Gasteiger partial charge is 0.129 e. The Kier molecular flexibility index (Phi) is 4.89. The van der Waals surface area contributed by atoms with Crippen molar-refractivity contribution in [2.45, 2.75) is 25.5 Å². The normalized spacial score (nSPS) is 25.1. The van der Waals surface area contributed by atoms with Crippen LogP contribution in [-0.4, -0.2) is 60.2 Å². The molecule has 1 atom stereocenters. The molecule has 3 rings (SSSR count). The largest absolute Gasteiger partial charge is 0.377 e. The van der Waals surface area contributed by atoms with Crippen molar-refractivity contribution in [3.63, 3.8) is 0 Å². The second-order valence-corrected chi connectivity index (χ2v) is 6.09. The van der Waals surface area contributed by atoms with Gasteiger partial charge in [-0.25, -0.2) is 4.98 Å². The minimum Gasteiger partial charge on any atom is -0.377 e. The molecule has 0 aliphatic carbocycles. The van der Waals surface area contributed by atoms with Gasteiger partial charge >= 0.3 is 0 Å². The molecule has 3 heterocycles. The quantitative estimate of drug-likeness (QED) is 0.795. The average Bonchev–Trinajstić information content (AvgIpc) is 2.96. The van der Waals surface area contributed by atoms with E-state index in [2.05, 4.69) is 20.9 Å². The molecular weight excluding hydrogens is 274 g/mol. The first-order valence-corrected chi connectivity index (χ1v) is 7.84. The Morgan fingerprint density at radius 2 is 2.00 bits per heavy atom. The second-order valence-electron chi connectivity index (χ2n) is 5.70. The third kappa shape index (κ3) is 3.92. The number of halogens is 1. The van der Waals surface area contributed by atoms with Crippen molar-refractivity contribution in [3.8, 4) is 0 Å². The Morgan fingerprint density at radius 1 is 1.20 bits per heavy atom. The summed E-state index contributed by atoms with van der Waals surface area (Å²) >= 11 is 5.81. The van der Waals surface area contributed by atoms with Crippen molar-refractivity contribution in [1.82, 2.24) is 14.8 Å². The molecule has 2 aliphatic rings. The Balaban J connectivity index is 1.42. The predicted molar refractivity (Wildman–Crippen MR) is 79.9 cm³/mol. The van der Waals surface area contributed by atoms with Gasteiger partial charge in [0, 0.05) is 52.1 Å². The van der Waals surface area contributed by atoms with Crippen molar-refractivity contribution in [2.75, 3.05) is 39.3 Å². The van der Waals surface area contributed by atoms with E-state index in [0.29, 0.717) is 11.3 Å². The summed E-state index contributed by atoms with van der Waals surface area (Å²) in [5.41, 5.74) is 1.24. The van der Waals surface area contributed by atoms with Crippen molar-refractivity contribution >= 4 is 11.6 Å². The molecular formula is C15H22ClN3O. The van der Waals surface area contributed by atoms with Crippen LogP contribution in [-0.2, 0) is 11.3 Å². The monoisotopic (exact) mass is 295 g/mol. The number of nitrogens with zero attached hydrogens (tertiary/aromatic N) is 3. The molecule has 20 heavy (non-hydrogen) atoms. The Bertz CT molecular complexity index is 412. The van der Waals surface area contributed by atoms with Crippen LogP contribution in [0.1, 0.15) is 18.4 Å². The van der Waals surface area contributed by atoms with E-state index in [1.54, 1.807) is 0 Å². The molecule has 4 nitrogen and oxygen atoms in total. The first-order chi connectivity index (χ1) is 9.79. The average molecular weight is 296 g/mol. The number of pyridine rings is 1. The molecule has 0 amide bonds. The Labute approximate surface area is 125 Å². The molecule has 0 radical (unpaired) electrons. The fourth-order valence-electron chi connectivity index (χ4n) is 2.96. The number of rotatable bonds is 4. The zero-order valence-electron chi connectivity index (χ0n) is 11.8. The SMILES string of the molecule is Clc1ccc(CN2CCN(CC3CCCO3)CC2)cn1. The summed E-state index contributed by atoms with van der Waals surface area (Å²) in [4.78, 5) is 9.16. The van der Waals surface area contributed by atoms with Crippen LogP contribution in [0.15, 0.2) is 18.3 Å². The van der Waals surface area contributed by atoms with Crippen LogP contribution in [0, 0.1) is 0 Å². The zero-order chi connectivity index (χ0) is 13.8. The van der Waals surface area contributed by atoms with Crippen LogP contribution in [0.4, 0.5) is 0 Å². The minimum atomic E-state index is 0.474. The highest BCUT2D eigenvalue weighted by molar-refractivity contribution is 6.29. The number of piperazine rings is 1. The maximum absolute atomic E-state index is 5.81. The summed E-state index contributed by atoms with van der Waals surface area (Å²) in [5, 5.41) is 0.565. The maximum Gasteiger partial charge on any atom is 0.129 e. The predicted octanol–water partition coefficient (Wildman–Crippen LogP) is 2.03. The summed E-state index contributed by atoms with van der Waals surface area (Å²) in [6.45, 7) is 7.55. The maximum atomic E-state index is 5.81. The number of hydrogen-bond acceptors (Lipinski definition) is 4. The third-order valence-electron chi connectivity index (χ3n) is 4.15. The molecule has 0 aromatic carbocycles. The fraction of sp³-hybridized carbons (Fsp3) is 0.667. The molecule has 1 aromatic rings. The van der Waals surface area contributed by atoms with Gasteiger partial charge in [0.2, 0.25) is 0 Å². The lowest BCUT2D eigenvalue weighted by atomic mass is 10.2. The van der Waals surface area contributed by atoms with Crippen molar-refractivity contribution in [1.29, 1.82) is 0 Å². The first-order valence-electron chi connectivity index (χ1n) is 7.46. The summed E-state index contributed by atoms with van der Waals surface area (Å²) in [7, 11) is 0. The van der Waals surface area contributed by atoms with Gasteiger partial charge in [-0.05, 0) is 24.5 Å². The number of ether oxygens (including phenoxy) is 1. The van der Waals surface area contributed by atoms with Gasteiger partial charge in [-0.2, -0.15) is 0 Å². The highest BCUT2D eigenvalue weighted by Gasteiger charge is 2.22. The summed E-state index contributed by atoms with van der Waals surface area (Å²) in [6.07, 6.45) is 4.81. The van der Waals surface area contributed by atoms with Gasteiger partial charge in [-0.3, -0.25) is 9.80 Å². The zero-order valence-corrected chi connectivity index (χ0v) is 12.6. The third-order valence-corrected chi connectivity index (χ3v) is 4.37. The van der Waals surface area contributed by atoms with E-state index in [4.69, 9.17) is 16.3 Å². The number of hydrogen-bond donors (Lipinski definition) is 0. The van der Waals surface area contributed by atoms with Gasteiger partial charge in [0.05, 0.1) is 6.10 Å². The van der Waals surface area contributed by atoms with E-state index in [0.717, 1.165) is 45.9 Å². The van der Waals surface area contributed by atoms with Crippen LogP contribution in [0.2, 0.25) is 5.15 Å². The van der Waals surface area contributed by atoms with E-state index in [9.17, 15) is 0 Å². The van der Waals surface area contributed by atoms with E-state index < -0.39 is 0 Å². The lowest BCUT2D eigenvalue weighted by Crippen LogP contribution is -2.48. The van der Waals surface area contributed by atoms with Crippen molar-refractivity contribution in [2.24, 2.45) is 0 Å². The van der Waals surface area contributed by atoms with Gasteiger partial charge in [0.1, 0.15) is 5.15 Å². The molecule has 110 valence electrons. The summed E-state index contributed by atoms with van der Waals surface area (Å²) < 4.78 is 5.71. The van der Waals surface area contributed by atoms with Crippen molar-refractivity contribution in [3.05, 3.63) is 29.0 Å². The number of aromatic nitrogens is 1. The van der Waals surface area contributed by atoms with E-state index in [-0.39, 0.29) is 0 Å². The van der Waals surface area contributed by atoms with Crippen LogP contribution < -0.4 is 0 Å². The van der Waals surface area contributed by atoms with Crippen LogP contribution >= 0.6 is 11.6 Å². The molecule has 0 N–H and O–H groups in total. The van der Waals surface area contributed by atoms with Crippen LogP contribution in [0.5, 0.6) is 0 Å². The summed E-state index contributed by atoms with van der Waals surface area (Å²) in [6, 6.07) is 3.93. The first kappa shape index (κ1) is 14.3. The standard InChI is InChI=1S/C15H22ClN3O/c16-15-4-3-13(10-17-15)11-18-5-7-19(8-6-18)12-14-2-1-9-20-14/h3-4,10,14H,1-2,5-9,11-12H2. The highest BCUT2D eigenvalue weighted by atomic mass is 35.5. The van der Waals surface area contributed by atoms with Crippen molar-refractivity contribution < 1.29 is 4.74 Å². The van der Waals surface area contributed by atoms with Gasteiger partial charge in [0.15, 0.2) is 0 Å². The minimum absolute atomic E-state index is 0.474. The van der Waals surface area contributed by atoms with Gasteiger partial charge < -0.3 is 4.74 Å². The molecule has 1 aromatic heterocycles. The Morgan fingerprint density at radius 3 is 2.65 bits per heavy atom. The van der Waals surface area contributed by atoms with E-state index >= 15 is 0 Å². The van der Waals surface area contributed by atoms with E-state index in [1.165, 1.54) is 18.4 Å². The van der Waals surface area contributed by atoms with Crippen LogP contribution in [0.25, 0.3) is 0 Å². The lowest BCUT2D eigenvalue weighted by Gasteiger charge is -2.35. The molecule has 2 fully saturated rings. The highest BCUT2D eigenvalue weighted by Crippen LogP contribution is 2.15. The molecule has 0 bridgehead atoms. The lowest BCUT2D eigenvalue weighted by molar-refractivity contribution is 0.0489. The molecule has 2 aliphatic heterocycles. The van der Waals surface area contributed by atoms with Gasteiger partial charge in [-0.1, -0.05) is 17.7 Å². The molecule has 5 heteroatoms. The molecule has 0 spiro atoms. The van der Waals surface area contributed by atoms with Gasteiger partial charge in [0.25, 0.3) is 0 Å². The summed E-state index contributed by atoms with van der Waals surface area (Å²) in [5.74, 6) is 0. The van der Waals surface area contributed by atoms with Crippen LogP contribution in [0.3, 0.4) is 0 Å². The molecule has 1 unspecified atom stereocenters. The Hall–Kier alpha value is -0.680.